The Hall–Kier alpha value is -0.610. The van der Waals surface area contributed by atoms with E-state index in [1.807, 2.05) is 11.8 Å². The molecule has 0 aromatic rings. The molecule has 2 atom stereocenters. The van der Waals surface area contributed by atoms with Gasteiger partial charge in [-0.2, -0.15) is 0 Å². The molecular formula is C14H30N2O2. The second kappa shape index (κ2) is 10.3. The van der Waals surface area contributed by atoms with Gasteiger partial charge in [-0.25, -0.2) is 0 Å². The van der Waals surface area contributed by atoms with E-state index in [0.29, 0.717) is 25.6 Å². The van der Waals surface area contributed by atoms with Crippen LogP contribution in [0.3, 0.4) is 0 Å². The van der Waals surface area contributed by atoms with Crippen molar-refractivity contribution < 1.29 is 9.53 Å². The number of amides is 1. The molecule has 0 fully saturated rings. The molecule has 0 aliphatic heterocycles. The molecule has 0 heterocycles. The summed E-state index contributed by atoms with van der Waals surface area (Å²) in [6, 6.07) is 0.295. The van der Waals surface area contributed by atoms with Crippen LogP contribution in [-0.4, -0.2) is 42.6 Å². The van der Waals surface area contributed by atoms with Crippen molar-refractivity contribution in [2.75, 3.05) is 19.7 Å². The molecule has 0 saturated carbocycles. The predicted octanol–water partition coefficient (Wildman–Crippen LogP) is 2.17. The van der Waals surface area contributed by atoms with E-state index in [4.69, 9.17) is 10.5 Å². The number of carbonyl (C=O) groups is 1. The number of nitrogens with two attached hydrogens (primary N) is 1. The smallest absolute Gasteiger partial charge is 0.225 e. The van der Waals surface area contributed by atoms with Gasteiger partial charge < -0.3 is 15.4 Å². The van der Waals surface area contributed by atoms with Crippen LogP contribution in [0.15, 0.2) is 0 Å². The first-order valence-electron chi connectivity index (χ1n) is 7.21. The lowest BCUT2D eigenvalue weighted by Crippen LogP contribution is -2.42. The van der Waals surface area contributed by atoms with Crippen LogP contribution in [0.4, 0.5) is 0 Å². The fourth-order valence-electron chi connectivity index (χ4n) is 1.90. The Morgan fingerprint density at radius 2 is 2.00 bits per heavy atom. The third-order valence-corrected chi connectivity index (χ3v) is 3.26. The Morgan fingerprint density at radius 3 is 2.44 bits per heavy atom. The first-order valence-corrected chi connectivity index (χ1v) is 7.21. The Labute approximate surface area is 112 Å². The molecule has 1 amide bonds. The molecule has 2 N–H and O–H groups in total. The van der Waals surface area contributed by atoms with E-state index in [-0.39, 0.29) is 12.0 Å². The second-order valence-corrected chi connectivity index (χ2v) is 4.72. The minimum absolute atomic E-state index is 0.143. The highest BCUT2D eigenvalue weighted by molar-refractivity contribution is 5.77. The van der Waals surface area contributed by atoms with Crippen LogP contribution in [0, 0.1) is 0 Å². The maximum atomic E-state index is 12.3. The highest BCUT2D eigenvalue weighted by Crippen LogP contribution is 2.10. The molecule has 0 saturated heterocycles. The summed E-state index contributed by atoms with van der Waals surface area (Å²) >= 11 is 0. The van der Waals surface area contributed by atoms with Gasteiger partial charge in [-0.3, -0.25) is 4.79 Å². The van der Waals surface area contributed by atoms with Gasteiger partial charge in [0.1, 0.15) is 0 Å². The Bertz CT molecular complexity index is 220. The van der Waals surface area contributed by atoms with Gasteiger partial charge in [0.2, 0.25) is 5.91 Å². The molecule has 108 valence electrons. The maximum Gasteiger partial charge on any atom is 0.225 e. The third-order valence-electron chi connectivity index (χ3n) is 3.26. The van der Waals surface area contributed by atoms with Gasteiger partial charge in [0.15, 0.2) is 0 Å². The summed E-state index contributed by atoms with van der Waals surface area (Å²) in [7, 11) is 0. The fourth-order valence-corrected chi connectivity index (χ4v) is 1.90. The normalized spacial score (nSPS) is 14.3. The molecule has 4 nitrogen and oxygen atoms in total. The van der Waals surface area contributed by atoms with Crippen molar-refractivity contribution >= 4 is 5.91 Å². The average Bonchev–Trinajstić information content (AvgIpc) is 2.38. The van der Waals surface area contributed by atoms with Crippen molar-refractivity contribution in [3.8, 4) is 0 Å². The van der Waals surface area contributed by atoms with E-state index in [1.54, 1.807) is 0 Å². The molecule has 2 unspecified atom stereocenters. The zero-order valence-corrected chi connectivity index (χ0v) is 12.4. The third kappa shape index (κ3) is 6.36. The maximum absolute atomic E-state index is 12.3. The number of unbranched alkanes of at least 4 members (excludes halogenated alkanes) is 1. The standard InChI is InChI=1S/C14H30N2O2/c1-5-8-9-16(12(4)6-2)14(17)10-13(11-15)18-7-3/h12-13H,5-11,15H2,1-4H3. The lowest BCUT2D eigenvalue weighted by molar-refractivity contribution is -0.136. The minimum atomic E-state index is -0.143. The summed E-state index contributed by atoms with van der Waals surface area (Å²) < 4.78 is 5.46. The van der Waals surface area contributed by atoms with Gasteiger partial charge in [-0.15, -0.1) is 0 Å². The Balaban J connectivity index is 4.43. The van der Waals surface area contributed by atoms with Gasteiger partial charge in [0, 0.05) is 25.7 Å². The van der Waals surface area contributed by atoms with Crippen molar-refractivity contribution in [3.63, 3.8) is 0 Å². The lowest BCUT2D eigenvalue weighted by atomic mass is 10.1. The second-order valence-electron chi connectivity index (χ2n) is 4.72. The van der Waals surface area contributed by atoms with E-state index in [9.17, 15) is 4.79 Å². The number of nitrogens with zero attached hydrogens (tertiary/aromatic N) is 1. The van der Waals surface area contributed by atoms with Crippen LogP contribution in [0.1, 0.15) is 53.4 Å². The van der Waals surface area contributed by atoms with Gasteiger partial charge in [0.05, 0.1) is 12.5 Å². The van der Waals surface area contributed by atoms with Crippen LogP contribution >= 0.6 is 0 Å². The fraction of sp³-hybridized carbons (Fsp3) is 0.929. The molecule has 0 spiro atoms. The average molecular weight is 258 g/mol. The first kappa shape index (κ1) is 17.4. The Morgan fingerprint density at radius 1 is 1.33 bits per heavy atom. The van der Waals surface area contributed by atoms with Gasteiger partial charge >= 0.3 is 0 Å². The van der Waals surface area contributed by atoms with Crippen LogP contribution in [0.25, 0.3) is 0 Å². The summed E-state index contributed by atoms with van der Waals surface area (Å²) in [5, 5.41) is 0. The first-order chi connectivity index (χ1) is 8.60. The van der Waals surface area contributed by atoms with E-state index < -0.39 is 0 Å². The number of rotatable bonds is 10. The van der Waals surface area contributed by atoms with E-state index in [1.165, 1.54) is 0 Å². The summed E-state index contributed by atoms with van der Waals surface area (Å²) in [4.78, 5) is 14.3. The summed E-state index contributed by atoms with van der Waals surface area (Å²) in [6.07, 6.45) is 3.40. The summed E-state index contributed by atoms with van der Waals surface area (Å²) in [5.74, 6) is 0.168. The van der Waals surface area contributed by atoms with Crippen molar-refractivity contribution in [2.45, 2.75) is 65.5 Å². The van der Waals surface area contributed by atoms with Crippen molar-refractivity contribution in [1.29, 1.82) is 0 Å². The van der Waals surface area contributed by atoms with Gasteiger partial charge in [0.25, 0.3) is 0 Å². The predicted molar refractivity (Wildman–Crippen MR) is 75.5 cm³/mol. The number of ether oxygens (including phenoxy) is 1. The molecule has 0 rings (SSSR count). The number of hydrogen-bond donors (Lipinski definition) is 1. The molecule has 4 heteroatoms. The Kier molecular flexibility index (Phi) is 9.98. The lowest BCUT2D eigenvalue weighted by Gasteiger charge is -2.30. The van der Waals surface area contributed by atoms with E-state index >= 15 is 0 Å². The van der Waals surface area contributed by atoms with E-state index in [0.717, 1.165) is 25.8 Å². The SMILES string of the molecule is CCCCN(C(=O)CC(CN)OCC)C(C)CC. The quantitative estimate of drug-likeness (QED) is 0.653. The molecule has 0 aromatic heterocycles. The summed E-state index contributed by atoms with van der Waals surface area (Å²) in [5.41, 5.74) is 5.62. The number of hydrogen-bond acceptors (Lipinski definition) is 3. The topological polar surface area (TPSA) is 55.6 Å². The van der Waals surface area contributed by atoms with Crippen LogP contribution in [-0.2, 0) is 9.53 Å². The molecule has 0 aromatic carbocycles. The van der Waals surface area contributed by atoms with Crippen LogP contribution in [0.2, 0.25) is 0 Å². The molecule has 0 aliphatic rings. The molecule has 18 heavy (non-hydrogen) atoms. The van der Waals surface area contributed by atoms with Crippen molar-refractivity contribution in [1.82, 2.24) is 4.90 Å². The molecule has 0 bridgehead atoms. The minimum Gasteiger partial charge on any atom is -0.377 e. The van der Waals surface area contributed by atoms with Crippen molar-refractivity contribution in [3.05, 3.63) is 0 Å². The molecule has 0 aliphatic carbocycles. The van der Waals surface area contributed by atoms with Crippen LogP contribution in [0.5, 0.6) is 0 Å². The molecular weight excluding hydrogens is 228 g/mol. The van der Waals surface area contributed by atoms with Crippen LogP contribution < -0.4 is 5.73 Å². The summed E-state index contributed by atoms with van der Waals surface area (Å²) in [6.45, 7) is 10.1. The highest BCUT2D eigenvalue weighted by atomic mass is 16.5. The monoisotopic (exact) mass is 258 g/mol. The highest BCUT2D eigenvalue weighted by Gasteiger charge is 2.21. The zero-order valence-electron chi connectivity index (χ0n) is 12.4. The van der Waals surface area contributed by atoms with Gasteiger partial charge in [-0.1, -0.05) is 20.3 Å². The zero-order chi connectivity index (χ0) is 14.0. The molecule has 0 radical (unpaired) electrons. The number of carbonyl (C=O) groups excluding carboxylic acids is 1. The van der Waals surface area contributed by atoms with Gasteiger partial charge in [-0.05, 0) is 26.7 Å². The van der Waals surface area contributed by atoms with Crippen molar-refractivity contribution in [2.24, 2.45) is 5.73 Å². The largest absolute Gasteiger partial charge is 0.377 e. The van der Waals surface area contributed by atoms with E-state index in [2.05, 4.69) is 20.8 Å².